The average Bonchev–Trinajstić information content (AvgIpc) is 2.58. The van der Waals surface area contributed by atoms with Gasteiger partial charge in [0.15, 0.2) is 17.5 Å². The predicted molar refractivity (Wildman–Crippen MR) is 94.1 cm³/mol. The summed E-state index contributed by atoms with van der Waals surface area (Å²) in [5, 5.41) is 6.57. The number of hydrogen-bond acceptors (Lipinski definition) is 4. The molecular formula is C17H29N3O3. The summed E-state index contributed by atoms with van der Waals surface area (Å²) in [5.41, 5.74) is 1.06. The third-order valence-electron chi connectivity index (χ3n) is 3.31. The van der Waals surface area contributed by atoms with Gasteiger partial charge in [0.1, 0.15) is 0 Å². The van der Waals surface area contributed by atoms with Crippen molar-refractivity contribution in [1.82, 2.24) is 10.6 Å². The summed E-state index contributed by atoms with van der Waals surface area (Å²) in [6, 6.07) is 3.89. The molecule has 0 saturated carbocycles. The van der Waals surface area contributed by atoms with Crippen LogP contribution in [0.4, 0.5) is 0 Å². The van der Waals surface area contributed by atoms with Gasteiger partial charge < -0.3 is 24.8 Å². The summed E-state index contributed by atoms with van der Waals surface area (Å²) in [6.45, 7) is 6.58. The highest BCUT2D eigenvalue weighted by Crippen LogP contribution is 2.39. The largest absolute Gasteiger partial charge is 0.493 e. The van der Waals surface area contributed by atoms with E-state index >= 15 is 0 Å². The lowest BCUT2D eigenvalue weighted by atomic mass is 10.1. The van der Waals surface area contributed by atoms with Gasteiger partial charge in [-0.1, -0.05) is 13.0 Å². The van der Waals surface area contributed by atoms with Crippen molar-refractivity contribution >= 4 is 5.96 Å². The van der Waals surface area contributed by atoms with Crippen LogP contribution in [0.3, 0.4) is 0 Å². The van der Waals surface area contributed by atoms with Crippen LogP contribution >= 0.6 is 0 Å². The molecule has 23 heavy (non-hydrogen) atoms. The molecule has 0 aliphatic rings. The molecule has 0 fully saturated rings. The van der Waals surface area contributed by atoms with E-state index in [2.05, 4.69) is 29.5 Å². The first kappa shape index (κ1) is 18.9. The van der Waals surface area contributed by atoms with Gasteiger partial charge in [0.05, 0.1) is 21.3 Å². The van der Waals surface area contributed by atoms with Crippen molar-refractivity contribution < 1.29 is 14.2 Å². The molecular weight excluding hydrogens is 294 g/mol. The second kappa shape index (κ2) is 10.6. The highest BCUT2D eigenvalue weighted by molar-refractivity contribution is 5.79. The number of hydrogen-bond donors (Lipinski definition) is 2. The topological polar surface area (TPSA) is 64.1 Å². The van der Waals surface area contributed by atoms with Crippen LogP contribution < -0.4 is 24.8 Å². The van der Waals surface area contributed by atoms with E-state index in [1.807, 2.05) is 12.1 Å². The molecule has 0 aromatic heterocycles. The van der Waals surface area contributed by atoms with Gasteiger partial charge >= 0.3 is 0 Å². The minimum Gasteiger partial charge on any atom is -0.493 e. The van der Waals surface area contributed by atoms with E-state index in [0.29, 0.717) is 17.2 Å². The monoisotopic (exact) mass is 323 g/mol. The van der Waals surface area contributed by atoms with Crippen LogP contribution in [0.15, 0.2) is 17.1 Å². The van der Waals surface area contributed by atoms with E-state index in [1.54, 1.807) is 21.3 Å². The Morgan fingerprint density at radius 2 is 1.74 bits per heavy atom. The highest BCUT2D eigenvalue weighted by Gasteiger charge is 2.15. The third kappa shape index (κ3) is 5.54. The first-order valence-corrected chi connectivity index (χ1v) is 8.01. The fraction of sp³-hybridized carbons (Fsp3) is 0.588. The number of benzene rings is 1. The Morgan fingerprint density at radius 3 is 2.30 bits per heavy atom. The minimum absolute atomic E-state index is 0.624. The molecule has 2 N–H and O–H groups in total. The molecule has 130 valence electrons. The second-order valence-electron chi connectivity index (χ2n) is 4.93. The summed E-state index contributed by atoms with van der Waals surface area (Å²) in [4.78, 5) is 4.49. The average molecular weight is 323 g/mol. The van der Waals surface area contributed by atoms with Gasteiger partial charge in [0, 0.05) is 25.2 Å². The Morgan fingerprint density at radius 1 is 1.00 bits per heavy atom. The van der Waals surface area contributed by atoms with Crippen LogP contribution in [0.5, 0.6) is 17.2 Å². The van der Waals surface area contributed by atoms with Crippen LogP contribution in [0.1, 0.15) is 25.8 Å². The van der Waals surface area contributed by atoms with Crippen molar-refractivity contribution in [3.05, 3.63) is 17.7 Å². The molecule has 0 unspecified atom stereocenters. The maximum Gasteiger partial charge on any atom is 0.203 e. The van der Waals surface area contributed by atoms with Crippen molar-refractivity contribution in [2.24, 2.45) is 4.99 Å². The van der Waals surface area contributed by atoms with Crippen molar-refractivity contribution in [2.75, 3.05) is 41.0 Å². The zero-order valence-corrected chi connectivity index (χ0v) is 14.9. The van der Waals surface area contributed by atoms with Crippen LogP contribution in [0.25, 0.3) is 0 Å². The van der Waals surface area contributed by atoms with E-state index in [-0.39, 0.29) is 0 Å². The minimum atomic E-state index is 0.624. The van der Waals surface area contributed by atoms with E-state index in [4.69, 9.17) is 14.2 Å². The van der Waals surface area contributed by atoms with E-state index < -0.39 is 0 Å². The molecule has 0 aliphatic carbocycles. The molecule has 0 saturated heterocycles. The third-order valence-corrected chi connectivity index (χ3v) is 3.31. The number of guanidine groups is 1. The molecule has 1 aromatic rings. The Balaban J connectivity index is 2.77. The van der Waals surface area contributed by atoms with E-state index in [1.165, 1.54) is 0 Å². The highest BCUT2D eigenvalue weighted by atomic mass is 16.5. The maximum absolute atomic E-state index is 5.50. The van der Waals surface area contributed by atoms with E-state index in [9.17, 15) is 0 Å². The lowest BCUT2D eigenvalue weighted by Gasteiger charge is -2.16. The molecule has 0 amide bonds. The fourth-order valence-electron chi connectivity index (χ4n) is 2.24. The molecule has 0 atom stereocenters. The van der Waals surface area contributed by atoms with Gasteiger partial charge in [-0.3, -0.25) is 4.99 Å². The van der Waals surface area contributed by atoms with Crippen LogP contribution in [-0.4, -0.2) is 46.9 Å². The van der Waals surface area contributed by atoms with Crippen LogP contribution in [-0.2, 0) is 6.42 Å². The SMILES string of the molecule is CCCN=C(NCC)NCCc1ccc(OC)c(OC)c1OC. The Bertz CT molecular complexity index is 504. The van der Waals surface area contributed by atoms with Crippen molar-refractivity contribution in [2.45, 2.75) is 26.7 Å². The van der Waals surface area contributed by atoms with Gasteiger partial charge in [0.2, 0.25) is 5.75 Å². The number of rotatable bonds is 9. The number of methoxy groups -OCH3 is 3. The predicted octanol–water partition coefficient (Wildman–Crippen LogP) is 2.22. The Hall–Kier alpha value is -2.11. The smallest absolute Gasteiger partial charge is 0.203 e. The van der Waals surface area contributed by atoms with Gasteiger partial charge in [-0.05, 0) is 25.8 Å². The van der Waals surface area contributed by atoms with Gasteiger partial charge in [-0.2, -0.15) is 0 Å². The fourth-order valence-corrected chi connectivity index (χ4v) is 2.24. The maximum atomic E-state index is 5.50. The number of aliphatic imine (C=N–C) groups is 1. The van der Waals surface area contributed by atoms with Crippen LogP contribution in [0, 0.1) is 0 Å². The standard InChI is InChI=1S/C17H29N3O3/c1-6-11-19-17(18-7-2)20-12-10-13-8-9-14(21-3)16(23-5)15(13)22-4/h8-9H,6-7,10-12H2,1-5H3,(H2,18,19,20). The lowest BCUT2D eigenvalue weighted by Crippen LogP contribution is -2.38. The number of nitrogens with one attached hydrogen (secondary N) is 2. The Labute approximate surface area is 139 Å². The summed E-state index contributed by atoms with van der Waals surface area (Å²) < 4.78 is 16.2. The molecule has 6 nitrogen and oxygen atoms in total. The summed E-state index contributed by atoms with van der Waals surface area (Å²) in [7, 11) is 4.87. The first-order chi connectivity index (χ1) is 11.2. The molecule has 0 bridgehead atoms. The summed E-state index contributed by atoms with van der Waals surface area (Å²) in [5.74, 6) is 2.84. The van der Waals surface area contributed by atoms with E-state index in [0.717, 1.165) is 44.0 Å². The molecule has 6 heteroatoms. The molecule has 1 rings (SSSR count). The van der Waals surface area contributed by atoms with Crippen molar-refractivity contribution in [3.63, 3.8) is 0 Å². The molecule has 0 aliphatic heterocycles. The van der Waals surface area contributed by atoms with Crippen molar-refractivity contribution in [3.8, 4) is 17.2 Å². The number of nitrogens with zero attached hydrogens (tertiary/aromatic N) is 1. The summed E-state index contributed by atoms with van der Waals surface area (Å²) in [6.07, 6.45) is 1.82. The zero-order chi connectivity index (χ0) is 17.1. The quantitative estimate of drug-likeness (QED) is 0.539. The van der Waals surface area contributed by atoms with Crippen LogP contribution in [0.2, 0.25) is 0 Å². The normalized spacial score (nSPS) is 11.1. The number of ether oxygens (including phenoxy) is 3. The van der Waals surface area contributed by atoms with Gasteiger partial charge in [0.25, 0.3) is 0 Å². The molecule has 0 heterocycles. The van der Waals surface area contributed by atoms with Gasteiger partial charge in [-0.15, -0.1) is 0 Å². The summed E-state index contributed by atoms with van der Waals surface area (Å²) >= 11 is 0. The molecule has 0 radical (unpaired) electrons. The first-order valence-electron chi connectivity index (χ1n) is 8.01. The van der Waals surface area contributed by atoms with Crippen molar-refractivity contribution in [1.29, 1.82) is 0 Å². The molecule has 1 aromatic carbocycles. The second-order valence-corrected chi connectivity index (χ2v) is 4.93. The Kier molecular flexibility index (Phi) is 8.72. The lowest BCUT2D eigenvalue weighted by molar-refractivity contribution is 0.322. The van der Waals surface area contributed by atoms with Gasteiger partial charge in [-0.25, -0.2) is 0 Å². The molecule has 0 spiro atoms. The zero-order valence-electron chi connectivity index (χ0n) is 14.9.